The first kappa shape index (κ1) is 36.1. The molecule has 44 heavy (non-hydrogen) atoms. The number of hydrogen-bond acceptors (Lipinski definition) is 6. The Hall–Kier alpha value is -2.34. The number of benzene rings is 3. The van der Waals surface area contributed by atoms with Crippen molar-refractivity contribution < 1.29 is 19.1 Å². The second kappa shape index (κ2) is 20.6. The van der Waals surface area contributed by atoms with Crippen LogP contribution in [-0.2, 0) is 9.47 Å². The molecule has 0 aliphatic carbocycles. The molecular weight excluding hydrogens is 778 g/mol. The topological polar surface area (TPSA) is 76.7 Å². The van der Waals surface area contributed by atoms with E-state index in [0.717, 1.165) is 57.0 Å². The third kappa shape index (κ3) is 12.9. The molecule has 0 fully saturated rings. The Kier molecular flexibility index (Phi) is 17.0. The van der Waals surface area contributed by atoms with Gasteiger partial charge in [-0.25, -0.2) is 9.59 Å². The molecule has 8 heteroatoms. The van der Waals surface area contributed by atoms with E-state index >= 15 is 0 Å². The molecule has 3 aromatic rings. The Labute approximate surface area is 290 Å². The van der Waals surface area contributed by atoms with Crippen molar-refractivity contribution in [1.82, 2.24) is 0 Å². The van der Waals surface area contributed by atoms with Crippen LogP contribution in [0.2, 0.25) is 0 Å². The predicted molar refractivity (Wildman–Crippen MR) is 199 cm³/mol. The van der Waals surface area contributed by atoms with E-state index in [4.69, 9.17) is 9.47 Å². The highest BCUT2D eigenvalue weighted by Crippen LogP contribution is 2.32. The summed E-state index contributed by atoms with van der Waals surface area (Å²) in [5, 5.41) is 6.71. The smallest absolute Gasteiger partial charge is 0.340 e. The van der Waals surface area contributed by atoms with Gasteiger partial charge in [0.05, 0.1) is 35.7 Å². The summed E-state index contributed by atoms with van der Waals surface area (Å²) in [6.07, 6.45) is 13.3. The highest BCUT2D eigenvalue weighted by Gasteiger charge is 2.22. The van der Waals surface area contributed by atoms with E-state index in [9.17, 15) is 9.59 Å². The molecule has 2 N–H and O–H groups in total. The van der Waals surface area contributed by atoms with Crippen LogP contribution in [0.3, 0.4) is 0 Å². The minimum Gasteiger partial charge on any atom is -0.462 e. The molecule has 0 saturated heterocycles. The van der Waals surface area contributed by atoms with Crippen LogP contribution in [0.25, 0.3) is 0 Å². The van der Waals surface area contributed by atoms with Crippen molar-refractivity contribution in [3.63, 3.8) is 0 Å². The van der Waals surface area contributed by atoms with Crippen LogP contribution >= 0.6 is 45.2 Å². The molecule has 0 bridgehead atoms. The van der Waals surface area contributed by atoms with Crippen LogP contribution in [0.1, 0.15) is 112 Å². The Morgan fingerprint density at radius 2 is 0.886 bits per heavy atom. The fourth-order valence-corrected chi connectivity index (χ4v) is 5.49. The first-order valence-electron chi connectivity index (χ1n) is 16.0. The minimum atomic E-state index is -0.427. The number of anilines is 4. The normalized spacial score (nSPS) is 10.8. The molecule has 3 aromatic carbocycles. The average Bonchev–Trinajstić information content (AvgIpc) is 3.02. The SMILES string of the molecule is CCCCCCCCOC(=O)c1cc(Nc2ccc(I)cc2)c(C(=O)OCCCCCCCC)cc1Nc1ccc(I)cc1. The van der Waals surface area contributed by atoms with Crippen molar-refractivity contribution in [2.24, 2.45) is 0 Å². The molecule has 0 aromatic heterocycles. The van der Waals surface area contributed by atoms with E-state index in [2.05, 4.69) is 69.7 Å². The number of halogens is 2. The third-order valence-electron chi connectivity index (χ3n) is 7.31. The Morgan fingerprint density at radius 3 is 1.25 bits per heavy atom. The summed E-state index contributed by atoms with van der Waals surface area (Å²) in [6.45, 7) is 5.11. The van der Waals surface area contributed by atoms with Crippen molar-refractivity contribution in [3.8, 4) is 0 Å². The summed E-state index contributed by atoms with van der Waals surface area (Å²) in [7, 11) is 0. The average molecular weight is 825 g/mol. The van der Waals surface area contributed by atoms with Crippen molar-refractivity contribution in [2.75, 3.05) is 23.8 Å². The molecule has 0 amide bonds. The van der Waals surface area contributed by atoms with Crippen LogP contribution in [-0.4, -0.2) is 25.2 Å². The van der Waals surface area contributed by atoms with Gasteiger partial charge in [-0.2, -0.15) is 0 Å². The summed E-state index contributed by atoms with van der Waals surface area (Å²) < 4.78 is 13.7. The molecule has 238 valence electrons. The van der Waals surface area contributed by atoms with Crippen molar-refractivity contribution in [3.05, 3.63) is 78.9 Å². The summed E-state index contributed by atoms with van der Waals surface area (Å²) in [4.78, 5) is 27.0. The second-order valence-corrected chi connectivity index (χ2v) is 13.5. The first-order valence-corrected chi connectivity index (χ1v) is 18.1. The monoisotopic (exact) mass is 824 g/mol. The van der Waals surface area contributed by atoms with E-state index in [1.54, 1.807) is 12.1 Å². The van der Waals surface area contributed by atoms with Gasteiger partial charge in [0.1, 0.15) is 0 Å². The lowest BCUT2D eigenvalue weighted by molar-refractivity contribution is 0.0485. The Morgan fingerprint density at radius 1 is 0.545 bits per heavy atom. The molecule has 0 radical (unpaired) electrons. The standard InChI is InChI=1S/C36H46I2N2O4/c1-3-5-7-9-11-13-23-43-35(41)31-25-34(40-30-21-17-28(38)18-22-30)32(36(42)44-24-14-12-10-8-6-4-2)26-33(31)39-29-19-15-27(37)16-20-29/h15-22,25-26,39-40H,3-14,23-24H2,1-2H3. The Bertz CT molecular complexity index is 1200. The van der Waals surface area contributed by atoms with Gasteiger partial charge in [0.2, 0.25) is 0 Å². The molecule has 0 aliphatic rings. The quantitative estimate of drug-likeness (QED) is 0.0671. The molecule has 0 aliphatic heterocycles. The number of unbranched alkanes of at least 4 members (excludes halogenated alkanes) is 10. The summed E-state index contributed by atoms with van der Waals surface area (Å²) >= 11 is 4.52. The highest BCUT2D eigenvalue weighted by atomic mass is 127. The van der Waals surface area contributed by atoms with Crippen LogP contribution in [0.5, 0.6) is 0 Å². The molecule has 6 nitrogen and oxygen atoms in total. The van der Waals surface area contributed by atoms with Gasteiger partial charge < -0.3 is 20.1 Å². The Balaban J connectivity index is 1.87. The van der Waals surface area contributed by atoms with Crippen LogP contribution in [0.15, 0.2) is 60.7 Å². The molecule has 0 saturated carbocycles. The number of nitrogens with one attached hydrogen (secondary N) is 2. The highest BCUT2D eigenvalue weighted by molar-refractivity contribution is 14.1. The number of carbonyl (C=O) groups excluding carboxylic acids is 2. The van der Waals surface area contributed by atoms with Gasteiger partial charge in [-0.05, 0) is 119 Å². The van der Waals surface area contributed by atoms with Crippen LogP contribution in [0.4, 0.5) is 22.7 Å². The van der Waals surface area contributed by atoms with E-state index in [1.807, 2.05) is 48.5 Å². The molecule has 3 rings (SSSR count). The van der Waals surface area contributed by atoms with E-state index < -0.39 is 11.9 Å². The number of hydrogen-bond donors (Lipinski definition) is 2. The summed E-state index contributed by atoms with van der Waals surface area (Å²) in [5.74, 6) is -0.853. The maximum absolute atomic E-state index is 13.5. The molecular formula is C36H46I2N2O4. The van der Waals surface area contributed by atoms with Crippen LogP contribution in [0, 0.1) is 7.14 Å². The van der Waals surface area contributed by atoms with Crippen molar-refractivity contribution in [1.29, 1.82) is 0 Å². The van der Waals surface area contributed by atoms with Gasteiger partial charge >= 0.3 is 11.9 Å². The van der Waals surface area contributed by atoms with Gasteiger partial charge in [-0.1, -0.05) is 78.1 Å². The largest absolute Gasteiger partial charge is 0.462 e. The fraction of sp³-hybridized carbons (Fsp3) is 0.444. The lowest BCUT2D eigenvalue weighted by Crippen LogP contribution is -2.14. The molecule has 0 spiro atoms. The minimum absolute atomic E-state index is 0.356. The van der Waals surface area contributed by atoms with Crippen LogP contribution < -0.4 is 10.6 Å². The van der Waals surface area contributed by atoms with Gasteiger partial charge in [-0.3, -0.25) is 0 Å². The maximum atomic E-state index is 13.5. The van der Waals surface area contributed by atoms with Gasteiger partial charge in [-0.15, -0.1) is 0 Å². The zero-order valence-corrected chi connectivity index (χ0v) is 30.4. The zero-order chi connectivity index (χ0) is 31.6. The molecule has 0 heterocycles. The number of esters is 2. The van der Waals surface area contributed by atoms with Gasteiger partial charge in [0.15, 0.2) is 0 Å². The molecule has 0 unspecified atom stereocenters. The summed E-state index contributed by atoms with van der Waals surface area (Å²) in [6, 6.07) is 19.1. The summed E-state index contributed by atoms with van der Waals surface area (Å²) in [5.41, 5.74) is 3.32. The van der Waals surface area contributed by atoms with Gasteiger partial charge in [0.25, 0.3) is 0 Å². The predicted octanol–water partition coefficient (Wildman–Crippen LogP) is 11.4. The number of carbonyl (C=O) groups is 2. The van der Waals surface area contributed by atoms with Crippen molar-refractivity contribution >= 4 is 79.9 Å². The lowest BCUT2D eigenvalue weighted by atomic mass is 10.0. The maximum Gasteiger partial charge on any atom is 0.340 e. The first-order chi connectivity index (χ1) is 21.4. The number of rotatable bonds is 20. The fourth-order valence-electron chi connectivity index (χ4n) is 4.77. The molecule has 0 atom stereocenters. The second-order valence-electron chi connectivity index (χ2n) is 11.0. The van der Waals surface area contributed by atoms with Gasteiger partial charge in [0, 0.05) is 18.5 Å². The third-order valence-corrected chi connectivity index (χ3v) is 8.74. The zero-order valence-electron chi connectivity index (χ0n) is 26.1. The lowest BCUT2D eigenvalue weighted by Gasteiger charge is -2.18. The number of ether oxygens (including phenoxy) is 2. The van der Waals surface area contributed by atoms with E-state index in [-0.39, 0.29) is 0 Å². The van der Waals surface area contributed by atoms with E-state index in [1.165, 1.54) is 38.5 Å². The van der Waals surface area contributed by atoms with Crippen molar-refractivity contribution in [2.45, 2.75) is 90.9 Å². The van der Waals surface area contributed by atoms with E-state index in [0.29, 0.717) is 35.7 Å².